The second-order valence-electron chi connectivity index (χ2n) is 9.63. The van der Waals surface area contributed by atoms with E-state index >= 15 is 0 Å². The van der Waals surface area contributed by atoms with Gasteiger partial charge in [0.05, 0.1) is 19.3 Å². The predicted octanol–water partition coefficient (Wildman–Crippen LogP) is 5.01. The van der Waals surface area contributed by atoms with Crippen LogP contribution in [0.15, 0.2) is 72.8 Å². The Morgan fingerprint density at radius 2 is 1.75 bits per heavy atom. The van der Waals surface area contributed by atoms with Crippen LogP contribution in [0.5, 0.6) is 0 Å². The summed E-state index contributed by atoms with van der Waals surface area (Å²) in [5.41, 5.74) is 1.99. The van der Waals surface area contributed by atoms with Crippen molar-refractivity contribution in [3.05, 3.63) is 88.9 Å². The number of methoxy groups -OCH3 is 1. The Kier molecular flexibility index (Phi) is 7.61. The van der Waals surface area contributed by atoms with E-state index in [9.17, 15) is 19.2 Å². The molecule has 11 heteroatoms. The lowest BCUT2D eigenvalue weighted by molar-refractivity contribution is -0.140. The Balaban J connectivity index is 1.37. The van der Waals surface area contributed by atoms with Gasteiger partial charge in [-0.3, -0.25) is 20.2 Å². The summed E-state index contributed by atoms with van der Waals surface area (Å²) in [5, 5.41) is 8.53. The first-order valence-electron chi connectivity index (χ1n) is 12.6. The SMILES string of the molecule is COC(=O)Nc1ccc(NC(=O)[C@@H](Cc2ccccc2)C(=O)N2CC[C@]3(C2)OC(=O)Nc2ccc(Cl)cc23)cc1. The number of nitrogens with one attached hydrogen (secondary N) is 3. The molecule has 206 valence electrons. The molecular formula is C29H27ClN4O6. The number of ether oxygens (including phenoxy) is 2. The fraction of sp³-hybridized carbons (Fsp3) is 0.241. The first kappa shape index (κ1) is 27.0. The zero-order valence-corrected chi connectivity index (χ0v) is 22.4. The predicted molar refractivity (Wildman–Crippen MR) is 149 cm³/mol. The number of fused-ring (bicyclic) bond motifs is 2. The summed E-state index contributed by atoms with van der Waals surface area (Å²) < 4.78 is 10.3. The van der Waals surface area contributed by atoms with E-state index in [1.807, 2.05) is 30.3 Å². The average Bonchev–Trinajstić information content (AvgIpc) is 3.37. The summed E-state index contributed by atoms with van der Waals surface area (Å²) in [4.78, 5) is 52.8. The Bertz CT molecular complexity index is 1450. The fourth-order valence-corrected chi connectivity index (χ4v) is 5.21. The van der Waals surface area contributed by atoms with Crippen molar-refractivity contribution in [1.29, 1.82) is 0 Å². The van der Waals surface area contributed by atoms with Gasteiger partial charge in [0.25, 0.3) is 0 Å². The van der Waals surface area contributed by atoms with Gasteiger partial charge in [-0.2, -0.15) is 0 Å². The van der Waals surface area contributed by atoms with Crippen molar-refractivity contribution in [1.82, 2.24) is 4.90 Å². The largest absolute Gasteiger partial charge is 0.453 e. The Morgan fingerprint density at radius 3 is 2.45 bits per heavy atom. The standard InChI is InChI=1S/C29H27ClN4O6/c1-39-27(37)32-21-10-8-20(9-11-21)31-25(35)22(15-18-5-3-2-4-6-18)26(36)34-14-13-29(17-34)23-16-19(30)7-12-24(23)33-28(38)40-29/h2-12,16,22H,13-15,17H2,1H3,(H,31,35)(H,32,37)(H,33,38)/t22-,29-/m1/s1. The summed E-state index contributed by atoms with van der Waals surface area (Å²) in [5.74, 6) is -1.89. The number of benzene rings is 3. The first-order chi connectivity index (χ1) is 19.3. The van der Waals surface area contributed by atoms with Crippen molar-refractivity contribution in [2.24, 2.45) is 5.92 Å². The molecule has 3 N–H and O–H groups in total. The maximum Gasteiger partial charge on any atom is 0.412 e. The number of anilines is 3. The Morgan fingerprint density at radius 1 is 1.05 bits per heavy atom. The van der Waals surface area contributed by atoms with E-state index in [0.29, 0.717) is 40.6 Å². The van der Waals surface area contributed by atoms with Gasteiger partial charge < -0.3 is 19.7 Å². The molecule has 10 nitrogen and oxygen atoms in total. The molecule has 4 amide bonds. The molecule has 1 fully saturated rings. The molecule has 0 saturated carbocycles. The van der Waals surface area contributed by atoms with Gasteiger partial charge in [0.2, 0.25) is 11.8 Å². The quantitative estimate of drug-likeness (QED) is 0.363. The van der Waals surface area contributed by atoms with E-state index in [1.54, 1.807) is 47.4 Å². The van der Waals surface area contributed by atoms with Gasteiger partial charge in [0.1, 0.15) is 5.92 Å². The second-order valence-corrected chi connectivity index (χ2v) is 10.1. The normalized spacial score (nSPS) is 18.2. The highest BCUT2D eigenvalue weighted by Crippen LogP contribution is 2.44. The second kappa shape index (κ2) is 11.3. The summed E-state index contributed by atoms with van der Waals surface area (Å²) in [6.45, 7) is 0.392. The maximum absolute atomic E-state index is 13.9. The van der Waals surface area contributed by atoms with Crippen LogP contribution in [-0.4, -0.2) is 49.1 Å². The number of likely N-dealkylation sites (tertiary alicyclic amines) is 1. The number of carbonyl (C=O) groups is 4. The zero-order chi connectivity index (χ0) is 28.3. The van der Waals surface area contributed by atoms with E-state index < -0.39 is 29.6 Å². The lowest BCUT2D eigenvalue weighted by Crippen LogP contribution is -2.45. The van der Waals surface area contributed by atoms with Gasteiger partial charge >= 0.3 is 12.2 Å². The highest BCUT2D eigenvalue weighted by molar-refractivity contribution is 6.30. The lowest BCUT2D eigenvalue weighted by Gasteiger charge is -2.35. The summed E-state index contributed by atoms with van der Waals surface area (Å²) in [7, 11) is 1.26. The zero-order valence-electron chi connectivity index (χ0n) is 21.6. The molecule has 0 aliphatic carbocycles. The monoisotopic (exact) mass is 562 g/mol. The van der Waals surface area contributed by atoms with Gasteiger partial charge in [-0.25, -0.2) is 9.59 Å². The topological polar surface area (TPSA) is 126 Å². The number of nitrogens with zero attached hydrogens (tertiary/aromatic N) is 1. The van der Waals surface area contributed by atoms with Crippen LogP contribution in [0.25, 0.3) is 0 Å². The van der Waals surface area contributed by atoms with E-state index in [1.165, 1.54) is 7.11 Å². The van der Waals surface area contributed by atoms with Crippen LogP contribution in [0.4, 0.5) is 26.7 Å². The fourth-order valence-electron chi connectivity index (χ4n) is 5.04. The Hall–Kier alpha value is -4.57. The lowest BCUT2D eigenvalue weighted by atomic mass is 9.90. The third kappa shape index (κ3) is 5.72. The minimum Gasteiger partial charge on any atom is -0.453 e. The van der Waals surface area contributed by atoms with Crippen LogP contribution in [0, 0.1) is 5.92 Å². The van der Waals surface area contributed by atoms with E-state index in [0.717, 1.165) is 5.56 Å². The average molecular weight is 563 g/mol. The molecule has 5 rings (SSSR count). The molecule has 3 aromatic rings. The molecule has 0 radical (unpaired) electrons. The Labute approximate surface area is 235 Å². The first-order valence-corrected chi connectivity index (χ1v) is 13.0. The number of rotatable bonds is 6. The van der Waals surface area contributed by atoms with Crippen molar-refractivity contribution in [3.8, 4) is 0 Å². The van der Waals surface area contributed by atoms with Crippen molar-refractivity contribution < 1.29 is 28.7 Å². The number of hydrogen-bond donors (Lipinski definition) is 3. The third-order valence-electron chi connectivity index (χ3n) is 7.02. The number of hydrogen-bond acceptors (Lipinski definition) is 6. The molecule has 3 aromatic carbocycles. The summed E-state index contributed by atoms with van der Waals surface area (Å²) in [6.07, 6.45) is -0.667. The third-order valence-corrected chi connectivity index (χ3v) is 7.26. The molecule has 1 saturated heterocycles. The van der Waals surface area contributed by atoms with Crippen LogP contribution in [-0.2, 0) is 31.1 Å². The number of carbonyl (C=O) groups excluding carboxylic acids is 4. The summed E-state index contributed by atoms with van der Waals surface area (Å²) >= 11 is 6.25. The van der Waals surface area contributed by atoms with Crippen LogP contribution < -0.4 is 16.0 Å². The smallest absolute Gasteiger partial charge is 0.412 e. The van der Waals surface area contributed by atoms with Crippen LogP contribution in [0.2, 0.25) is 5.02 Å². The molecule has 2 heterocycles. The number of halogens is 1. The molecule has 1 spiro atoms. The molecule has 0 bridgehead atoms. The molecule has 40 heavy (non-hydrogen) atoms. The van der Waals surface area contributed by atoms with E-state index in [4.69, 9.17) is 16.3 Å². The minimum atomic E-state index is -1.06. The van der Waals surface area contributed by atoms with Gasteiger partial charge in [0.15, 0.2) is 5.60 Å². The van der Waals surface area contributed by atoms with Crippen molar-refractivity contribution in [2.45, 2.75) is 18.4 Å². The molecular weight excluding hydrogens is 536 g/mol. The van der Waals surface area contributed by atoms with Gasteiger partial charge in [-0.05, 0) is 54.4 Å². The number of amides is 4. The van der Waals surface area contributed by atoms with Crippen molar-refractivity contribution >= 4 is 52.7 Å². The molecule has 2 aliphatic rings. The van der Waals surface area contributed by atoms with Crippen molar-refractivity contribution in [3.63, 3.8) is 0 Å². The molecule has 2 atom stereocenters. The molecule has 0 unspecified atom stereocenters. The van der Waals surface area contributed by atoms with Gasteiger partial charge in [-0.15, -0.1) is 0 Å². The molecule has 0 aromatic heterocycles. The highest BCUT2D eigenvalue weighted by atomic mass is 35.5. The van der Waals surface area contributed by atoms with E-state index in [2.05, 4.69) is 20.7 Å². The van der Waals surface area contributed by atoms with Crippen molar-refractivity contribution in [2.75, 3.05) is 36.1 Å². The van der Waals surface area contributed by atoms with Crippen LogP contribution in [0.3, 0.4) is 0 Å². The summed E-state index contributed by atoms with van der Waals surface area (Å²) in [6, 6.07) is 20.9. The van der Waals surface area contributed by atoms with Crippen LogP contribution >= 0.6 is 11.6 Å². The van der Waals surface area contributed by atoms with Crippen LogP contribution in [0.1, 0.15) is 17.5 Å². The van der Waals surface area contributed by atoms with E-state index in [-0.39, 0.29) is 18.9 Å². The van der Waals surface area contributed by atoms with Gasteiger partial charge in [0, 0.05) is 34.9 Å². The highest BCUT2D eigenvalue weighted by Gasteiger charge is 2.50. The minimum absolute atomic E-state index is 0.0963. The molecule has 2 aliphatic heterocycles. The van der Waals surface area contributed by atoms with Gasteiger partial charge in [-0.1, -0.05) is 41.9 Å². The maximum atomic E-state index is 13.9.